The van der Waals surface area contributed by atoms with Crippen molar-refractivity contribution in [3.8, 4) is 0 Å². The largest absolute Gasteiger partial charge is 0.456 e. The van der Waals surface area contributed by atoms with E-state index in [-0.39, 0.29) is 17.9 Å². The number of aromatic nitrogens is 1. The van der Waals surface area contributed by atoms with Crippen molar-refractivity contribution in [1.82, 2.24) is 3.97 Å². The molecule has 1 aromatic heterocycles. The lowest BCUT2D eigenvalue weighted by Gasteiger charge is -2.04. The summed E-state index contributed by atoms with van der Waals surface area (Å²) in [5, 5.41) is 0. The molecule has 2 rings (SSSR count). The Morgan fingerprint density at radius 2 is 1.95 bits per heavy atom. The number of carbonyl (C=O) groups is 2. The highest BCUT2D eigenvalue weighted by atomic mass is 32.2. The number of rotatable bonds is 5. The second-order valence-electron chi connectivity index (χ2n) is 3.92. The van der Waals surface area contributed by atoms with E-state index in [1.807, 2.05) is 6.07 Å². The Morgan fingerprint density at radius 3 is 2.55 bits per heavy atom. The van der Waals surface area contributed by atoms with Crippen LogP contribution in [0.25, 0.3) is 0 Å². The van der Waals surface area contributed by atoms with Gasteiger partial charge in [-0.15, -0.1) is 0 Å². The van der Waals surface area contributed by atoms with Crippen LogP contribution in [-0.2, 0) is 22.2 Å². The predicted molar refractivity (Wildman–Crippen MR) is 71.1 cm³/mol. The Kier molecular flexibility index (Phi) is 4.31. The number of benzene rings is 1. The molecule has 7 heteroatoms. The van der Waals surface area contributed by atoms with Gasteiger partial charge < -0.3 is 4.74 Å². The highest BCUT2D eigenvalue weighted by Gasteiger charge is 2.16. The third kappa shape index (κ3) is 3.12. The van der Waals surface area contributed by atoms with Crippen molar-refractivity contribution < 1.29 is 22.7 Å². The Balaban J connectivity index is 2.17. The molecule has 0 saturated carbocycles. The van der Waals surface area contributed by atoms with Crippen LogP contribution in [0.15, 0.2) is 42.6 Å². The van der Waals surface area contributed by atoms with E-state index >= 15 is 0 Å². The van der Waals surface area contributed by atoms with Crippen LogP contribution in [0.1, 0.15) is 26.4 Å². The van der Waals surface area contributed by atoms with E-state index in [4.69, 9.17) is 4.74 Å². The maximum Gasteiger partial charge on any atom is 0.356 e. The summed E-state index contributed by atoms with van der Waals surface area (Å²) in [6.07, 6.45) is 1.53. The molecule has 104 valence electrons. The fourth-order valence-corrected chi connectivity index (χ4v) is 2.16. The molecule has 0 fully saturated rings. The van der Waals surface area contributed by atoms with E-state index in [0.717, 1.165) is 11.8 Å². The third-order valence-corrected chi connectivity index (χ3v) is 3.24. The molecule has 1 heterocycles. The molecule has 0 N–H and O–H groups in total. The van der Waals surface area contributed by atoms with E-state index in [9.17, 15) is 18.0 Å². The van der Waals surface area contributed by atoms with Crippen LogP contribution in [0.2, 0.25) is 0 Å². The second kappa shape index (κ2) is 6.16. The van der Waals surface area contributed by atoms with Gasteiger partial charge in [0.05, 0.1) is 0 Å². The van der Waals surface area contributed by atoms with Crippen LogP contribution in [-0.4, -0.2) is 24.6 Å². The van der Waals surface area contributed by atoms with Gasteiger partial charge in [0.15, 0.2) is 6.29 Å². The fraction of sp³-hybridized carbons (Fsp3) is 0.0769. The molecule has 1 aromatic carbocycles. The Bertz CT molecular complexity index is 695. The molecule has 0 bridgehead atoms. The molecule has 0 aliphatic heterocycles. The number of hydrogen-bond acceptors (Lipinski definition) is 5. The van der Waals surface area contributed by atoms with Crippen LogP contribution >= 0.6 is 0 Å². The first kappa shape index (κ1) is 14.0. The average Bonchev–Trinajstić information content (AvgIpc) is 2.90. The van der Waals surface area contributed by atoms with Gasteiger partial charge in [-0.05, 0) is 11.6 Å². The third-order valence-electron chi connectivity index (χ3n) is 2.56. The zero-order chi connectivity index (χ0) is 14.5. The molecule has 0 saturated heterocycles. The number of aldehydes is 1. The van der Waals surface area contributed by atoms with E-state index in [0.29, 0.717) is 10.3 Å². The molecule has 2 aromatic rings. The van der Waals surface area contributed by atoms with Crippen molar-refractivity contribution in [1.29, 1.82) is 0 Å². The van der Waals surface area contributed by atoms with E-state index in [1.54, 1.807) is 24.3 Å². The maximum absolute atomic E-state index is 11.8. The van der Waals surface area contributed by atoms with Crippen LogP contribution < -0.4 is 0 Å². The van der Waals surface area contributed by atoms with Gasteiger partial charge in [-0.3, -0.25) is 4.79 Å². The molecule has 0 aliphatic carbocycles. The second-order valence-corrected chi connectivity index (χ2v) is 4.83. The normalized spacial score (nSPS) is 10.4. The lowest BCUT2D eigenvalue weighted by atomic mass is 10.2. The van der Waals surface area contributed by atoms with Crippen LogP contribution in [0, 0.1) is 0 Å². The Morgan fingerprint density at radius 1 is 1.25 bits per heavy atom. The Labute approximate surface area is 116 Å². The number of nitrogens with zero attached hydrogens (tertiary/aromatic N) is 1. The molecular weight excluding hydrogens is 282 g/mol. The molecule has 20 heavy (non-hydrogen) atoms. The van der Waals surface area contributed by atoms with Gasteiger partial charge in [0.25, 0.3) is 0 Å². The summed E-state index contributed by atoms with van der Waals surface area (Å²) in [5.74, 6) is -0.804. The predicted octanol–water partition coefficient (Wildman–Crippen LogP) is 1.03. The summed E-state index contributed by atoms with van der Waals surface area (Å²) in [4.78, 5) is 22.5. The highest BCUT2D eigenvalue weighted by Crippen LogP contribution is 2.10. The van der Waals surface area contributed by atoms with E-state index in [2.05, 4.69) is 0 Å². The summed E-state index contributed by atoms with van der Waals surface area (Å²) in [6, 6.07) is 10.1. The van der Waals surface area contributed by atoms with Crippen molar-refractivity contribution in [3.63, 3.8) is 0 Å². The summed E-state index contributed by atoms with van der Waals surface area (Å²) >= 11 is 0. The van der Waals surface area contributed by atoms with Crippen molar-refractivity contribution in [2.24, 2.45) is 0 Å². The van der Waals surface area contributed by atoms with Crippen LogP contribution in [0.3, 0.4) is 0 Å². The van der Waals surface area contributed by atoms with Crippen molar-refractivity contribution >= 4 is 23.1 Å². The maximum atomic E-state index is 11.8. The van der Waals surface area contributed by atoms with Gasteiger partial charge in [0.1, 0.15) is 12.3 Å². The summed E-state index contributed by atoms with van der Waals surface area (Å²) < 4.78 is 27.7. The van der Waals surface area contributed by atoms with Gasteiger partial charge >= 0.3 is 5.97 Å². The summed E-state index contributed by atoms with van der Waals surface area (Å²) in [5.41, 5.74) is 0.677. The lowest BCUT2D eigenvalue weighted by molar-refractivity contribution is 0.0464. The quantitative estimate of drug-likeness (QED) is 0.506. The molecular formula is C13H11NO5S. The molecule has 0 amide bonds. The summed E-state index contributed by atoms with van der Waals surface area (Å²) in [6.45, 7) is 0.0247. The monoisotopic (exact) mass is 293 g/mol. The molecule has 0 atom stereocenters. The number of carbonyl (C=O) groups excluding carboxylic acids is 2. The molecule has 0 radical (unpaired) electrons. The first-order chi connectivity index (χ1) is 9.61. The first-order valence-corrected chi connectivity index (χ1v) is 6.78. The average molecular weight is 293 g/mol. The van der Waals surface area contributed by atoms with Crippen LogP contribution in [0.5, 0.6) is 0 Å². The van der Waals surface area contributed by atoms with Crippen molar-refractivity contribution in [3.05, 3.63) is 59.4 Å². The minimum absolute atomic E-state index is 0.0247. The standard InChI is InChI=1S/C13H11NO5S/c15-8-11-6-12(14(7-11)20(17)18)13(16)19-9-10-4-2-1-3-5-10/h1-8,20H,9H2. The van der Waals surface area contributed by atoms with Gasteiger partial charge in [-0.2, -0.15) is 0 Å². The summed E-state index contributed by atoms with van der Waals surface area (Å²) in [7, 11) is -3.04. The lowest BCUT2D eigenvalue weighted by Crippen LogP contribution is -2.11. The number of ether oxygens (including phenoxy) is 1. The minimum atomic E-state index is -3.04. The van der Waals surface area contributed by atoms with Crippen molar-refractivity contribution in [2.75, 3.05) is 0 Å². The van der Waals surface area contributed by atoms with E-state index in [1.165, 1.54) is 6.07 Å². The molecule has 0 spiro atoms. The smallest absolute Gasteiger partial charge is 0.356 e. The van der Waals surface area contributed by atoms with Gasteiger partial charge in [-0.25, -0.2) is 17.2 Å². The van der Waals surface area contributed by atoms with Crippen LogP contribution in [0.4, 0.5) is 0 Å². The highest BCUT2D eigenvalue weighted by molar-refractivity contribution is 7.70. The first-order valence-electron chi connectivity index (χ1n) is 5.65. The molecule has 0 aliphatic rings. The molecule has 0 unspecified atom stereocenters. The van der Waals surface area contributed by atoms with Gasteiger partial charge in [0, 0.05) is 11.8 Å². The fourth-order valence-electron chi connectivity index (χ4n) is 1.62. The van der Waals surface area contributed by atoms with Crippen molar-refractivity contribution in [2.45, 2.75) is 6.61 Å². The molecule has 6 nitrogen and oxygen atoms in total. The Hall–Kier alpha value is -2.41. The SMILES string of the molecule is O=Cc1cc(C(=O)OCc2ccccc2)n([SH](=O)=O)c1. The topological polar surface area (TPSA) is 82.4 Å². The minimum Gasteiger partial charge on any atom is -0.456 e. The van der Waals surface area contributed by atoms with Gasteiger partial charge in [-0.1, -0.05) is 30.3 Å². The zero-order valence-corrected chi connectivity index (χ0v) is 11.2. The van der Waals surface area contributed by atoms with E-state index < -0.39 is 16.9 Å². The van der Waals surface area contributed by atoms with Gasteiger partial charge in [0.2, 0.25) is 10.9 Å². The zero-order valence-electron chi connectivity index (χ0n) is 10.3. The number of esters is 1. The number of thiol groups is 1. The number of hydrogen-bond donors (Lipinski definition) is 1.